The molecule has 1 unspecified atom stereocenters. The third kappa shape index (κ3) is 7.81. The van der Waals surface area contributed by atoms with Crippen molar-refractivity contribution in [2.24, 2.45) is 4.99 Å². The van der Waals surface area contributed by atoms with Gasteiger partial charge >= 0.3 is 0 Å². The molecule has 0 bridgehead atoms. The number of hydrogen-bond donors (Lipinski definition) is 3. The van der Waals surface area contributed by atoms with Crippen LogP contribution in [0.5, 0.6) is 5.75 Å². The fourth-order valence-corrected chi connectivity index (χ4v) is 3.22. The zero-order valence-electron chi connectivity index (χ0n) is 15.5. The summed E-state index contributed by atoms with van der Waals surface area (Å²) in [5.74, 6) is 1.25. The van der Waals surface area contributed by atoms with Crippen LogP contribution >= 0.6 is 24.0 Å². The van der Waals surface area contributed by atoms with Gasteiger partial charge in [0.15, 0.2) is 5.96 Å². The monoisotopic (exact) mass is 460 g/mol. The number of benzene rings is 1. The van der Waals surface area contributed by atoms with Crippen LogP contribution in [-0.4, -0.2) is 54.7 Å². The molecule has 6 heteroatoms. The van der Waals surface area contributed by atoms with Crippen molar-refractivity contribution >= 4 is 29.9 Å². The number of nitrogens with one attached hydrogen (secondary N) is 2. The van der Waals surface area contributed by atoms with Crippen LogP contribution in [0.25, 0.3) is 0 Å². The Bertz CT molecular complexity index is 507. The molecule has 1 aromatic carbocycles. The molecule has 1 heterocycles. The summed E-state index contributed by atoms with van der Waals surface area (Å²) in [6.07, 6.45) is 4.60. The third-order valence-corrected chi connectivity index (χ3v) is 4.58. The van der Waals surface area contributed by atoms with Crippen LogP contribution in [0.15, 0.2) is 29.3 Å². The van der Waals surface area contributed by atoms with Crippen LogP contribution in [-0.2, 0) is 6.42 Å². The zero-order chi connectivity index (χ0) is 17.2. The summed E-state index contributed by atoms with van der Waals surface area (Å²) < 4.78 is 0. The molecule has 1 aliphatic heterocycles. The number of guanidine groups is 1. The number of phenolic OH excluding ortho intramolecular Hbond substituents is 1. The Labute approximate surface area is 169 Å². The Morgan fingerprint density at radius 2 is 2.00 bits per heavy atom. The molecule has 0 aliphatic carbocycles. The highest BCUT2D eigenvalue weighted by Crippen LogP contribution is 2.16. The van der Waals surface area contributed by atoms with Crippen LogP contribution in [0.4, 0.5) is 0 Å². The Morgan fingerprint density at radius 3 is 2.68 bits per heavy atom. The molecule has 1 fully saturated rings. The van der Waals surface area contributed by atoms with E-state index in [1.54, 1.807) is 12.1 Å². The van der Waals surface area contributed by atoms with Gasteiger partial charge in [0, 0.05) is 19.1 Å². The quantitative estimate of drug-likeness (QED) is 0.242. The number of nitrogens with zero attached hydrogens (tertiary/aromatic N) is 2. The molecule has 1 saturated heterocycles. The Morgan fingerprint density at radius 1 is 1.24 bits per heavy atom. The second-order valence-corrected chi connectivity index (χ2v) is 6.34. The normalized spacial score (nSPS) is 18.0. The van der Waals surface area contributed by atoms with Crippen molar-refractivity contribution in [2.45, 2.75) is 45.6 Å². The predicted octanol–water partition coefficient (Wildman–Crippen LogP) is 2.98. The van der Waals surface area contributed by atoms with Gasteiger partial charge in [0.25, 0.3) is 0 Å². The highest BCUT2D eigenvalue weighted by atomic mass is 127. The van der Waals surface area contributed by atoms with Gasteiger partial charge < -0.3 is 15.7 Å². The number of likely N-dealkylation sites (tertiary alicyclic amines) is 1. The first kappa shape index (κ1) is 22.0. The summed E-state index contributed by atoms with van der Waals surface area (Å²) in [4.78, 5) is 7.30. The molecule has 1 aliphatic rings. The van der Waals surface area contributed by atoms with Crippen molar-refractivity contribution in [2.75, 3.05) is 32.7 Å². The minimum atomic E-state index is 0. The van der Waals surface area contributed by atoms with Crippen LogP contribution in [0.2, 0.25) is 0 Å². The number of hydrogen-bond acceptors (Lipinski definition) is 3. The van der Waals surface area contributed by atoms with Gasteiger partial charge in [-0.1, -0.05) is 19.1 Å². The predicted molar refractivity (Wildman–Crippen MR) is 116 cm³/mol. The highest BCUT2D eigenvalue weighted by molar-refractivity contribution is 14.0. The largest absolute Gasteiger partial charge is 0.508 e. The molecule has 3 N–H and O–H groups in total. The van der Waals surface area contributed by atoms with E-state index in [2.05, 4.69) is 29.4 Å². The van der Waals surface area contributed by atoms with Crippen LogP contribution in [0.1, 0.15) is 38.7 Å². The number of phenols is 1. The van der Waals surface area contributed by atoms with Crippen LogP contribution in [0.3, 0.4) is 0 Å². The Kier molecular flexibility index (Phi) is 10.9. The smallest absolute Gasteiger partial charge is 0.191 e. The lowest BCUT2D eigenvalue weighted by atomic mass is 10.1. The summed E-state index contributed by atoms with van der Waals surface area (Å²) in [5.41, 5.74) is 1.25. The summed E-state index contributed by atoms with van der Waals surface area (Å²) in [6, 6.07) is 8.05. The molecule has 2 rings (SSSR count). The lowest BCUT2D eigenvalue weighted by molar-refractivity contribution is 0.273. The van der Waals surface area contributed by atoms with Crippen molar-refractivity contribution < 1.29 is 5.11 Å². The second-order valence-electron chi connectivity index (χ2n) is 6.34. The molecular weight excluding hydrogens is 427 g/mol. The maximum absolute atomic E-state index is 9.31. The van der Waals surface area contributed by atoms with Crippen LogP contribution in [0, 0.1) is 0 Å². The molecule has 1 aromatic rings. The fourth-order valence-electron chi connectivity index (χ4n) is 3.22. The van der Waals surface area contributed by atoms with Gasteiger partial charge in [-0.15, -0.1) is 24.0 Å². The number of aryl methyl sites for hydroxylation is 1. The van der Waals surface area contributed by atoms with Crippen molar-refractivity contribution in [3.05, 3.63) is 29.8 Å². The summed E-state index contributed by atoms with van der Waals surface area (Å²) in [5, 5.41) is 16.1. The maximum atomic E-state index is 9.31. The Balaban J connectivity index is 0.00000312. The number of aromatic hydroxyl groups is 1. The molecule has 0 radical (unpaired) electrons. The number of rotatable bonds is 8. The SMILES string of the molecule is CCNC(=NCC1CCCN1CC)NCCCc1ccc(O)cc1.I. The first-order chi connectivity index (χ1) is 11.7. The minimum absolute atomic E-state index is 0. The molecule has 5 nitrogen and oxygen atoms in total. The lowest BCUT2D eigenvalue weighted by Crippen LogP contribution is -2.39. The van der Waals surface area contributed by atoms with Gasteiger partial charge in [-0.2, -0.15) is 0 Å². The number of aliphatic imine (C=N–C) groups is 1. The average molecular weight is 460 g/mol. The van der Waals surface area contributed by atoms with E-state index in [-0.39, 0.29) is 24.0 Å². The van der Waals surface area contributed by atoms with Gasteiger partial charge in [-0.25, -0.2) is 0 Å². The summed E-state index contributed by atoms with van der Waals surface area (Å²) >= 11 is 0. The van der Waals surface area contributed by atoms with Crippen molar-refractivity contribution in [1.82, 2.24) is 15.5 Å². The van der Waals surface area contributed by atoms with Crippen molar-refractivity contribution in [3.8, 4) is 5.75 Å². The van der Waals surface area contributed by atoms with Gasteiger partial charge in [-0.3, -0.25) is 9.89 Å². The van der Waals surface area contributed by atoms with E-state index in [0.29, 0.717) is 11.8 Å². The first-order valence-electron chi connectivity index (χ1n) is 9.27. The molecule has 0 amide bonds. The molecule has 25 heavy (non-hydrogen) atoms. The number of likely N-dealkylation sites (N-methyl/N-ethyl adjacent to an activating group) is 1. The molecule has 0 spiro atoms. The minimum Gasteiger partial charge on any atom is -0.508 e. The van der Waals surface area contributed by atoms with E-state index in [1.165, 1.54) is 24.9 Å². The van der Waals surface area contributed by atoms with E-state index in [1.807, 2.05) is 12.1 Å². The zero-order valence-corrected chi connectivity index (χ0v) is 17.8. The topological polar surface area (TPSA) is 59.9 Å². The fraction of sp³-hybridized carbons (Fsp3) is 0.632. The van der Waals surface area contributed by atoms with Gasteiger partial charge in [0.1, 0.15) is 5.75 Å². The highest BCUT2D eigenvalue weighted by Gasteiger charge is 2.22. The molecule has 0 aromatic heterocycles. The van der Waals surface area contributed by atoms with E-state index in [0.717, 1.165) is 45.0 Å². The van der Waals surface area contributed by atoms with Crippen molar-refractivity contribution in [1.29, 1.82) is 0 Å². The first-order valence-corrected chi connectivity index (χ1v) is 9.27. The molecule has 0 saturated carbocycles. The average Bonchev–Trinajstić information content (AvgIpc) is 3.05. The molecule has 1 atom stereocenters. The van der Waals surface area contributed by atoms with Crippen molar-refractivity contribution in [3.63, 3.8) is 0 Å². The van der Waals surface area contributed by atoms with Crippen LogP contribution < -0.4 is 10.6 Å². The van der Waals surface area contributed by atoms with Gasteiger partial charge in [0.05, 0.1) is 6.54 Å². The second kappa shape index (κ2) is 12.4. The van der Waals surface area contributed by atoms with E-state index < -0.39 is 0 Å². The maximum Gasteiger partial charge on any atom is 0.191 e. The summed E-state index contributed by atoms with van der Waals surface area (Å²) in [6.45, 7) is 9.32. The Hall–Kier alpha value is -1.02. The molecular formula is C19H33IN4O. The third-order valence-electron chi connectivity index (χ3n) is 4.58. The van der Waals surface area contributed by atoms with Gasteiger partial charge in [0.2, 0.25) is 0 Å². The van der Waals surface area contributed by atoms with E-state index in [4.69, 9.17) is 4.99 Å². The summed E-state index contributed by atoms with van der Waals surface area (Å²) in [7, 11) is 0. The van der Waals surface area contributed by atoms with E-state index >= 15 is 0 Å². The van der Waals surface area contributed by atoms with E-state index in [9.17, 15) is 5.11 Å². The van der Waals surface area contributed by atoms with Gasteiger partial charge in [-0.05, 0) is 63.4 Å². The molecule has 142 valence electrons. The lowest BCUT2D eigenvalue weighted by Gasteiger charge is -2.21. The standard InChI is InChI=1S/C19H32N4O.HI/c1-3-20-19(22-15-17-8-6-14-23(17)4-2)21-13-5-7-16-9-11-18(24)12-10-16;/h9-12,17,24H,3-8,13-15H2,1-2H3,(H2,20,21,22);1H. The number of halogens is 1.